The lowest BCUT2D eigenvalue weighted by Crippen LogP contribution is -2.52. The summed E-state index contributed by atoms with van der Waals surface area (Å²) in [5.41, 5.74) is 2.93. The van der Waals surface area contributed by atoms with Gasteiger partial charge in [-0.15, -0.1) is 0 Å². The minimum absolute atomic E-state index is 0.0506. The van der Waals surface area contributed by atoms with Crippen LogP contribution in [-0.2, 0) is 26.2 Å². The smallest absolute Gasteiger partial charge is 0.244 e. The summed E-state index contributed by atoms with van der Waals surface area (Å²) in [5.74, 6) is -0.0924. The monoisotopic (exact) mass is 503 g/mol. The van der Waals surface area contributed by atoms with Crippen molar-refractivity contribution in [1.82, 2.24) is 10.2 Å². The van der Waals surface area contributed by atoms with E-state index in [2.05, 4.69) is 5.32 Å². The summed E-state index contributed by atoms with van der Waals surface area (Å²) in [6.45, 7) is 8.95. The predicted octanol–water partition coefficient (Wildman–Crippen LogP) is 3.41. The van der Waals surface area contributed by atoms with E-state index >= 15 is 0 Å². The molecule has 0 aliphatic heterocycles. The third kappa shape index (κ3) is 7.45. The van der Waals surface area contributed by atoms with E-state index in [1.165, 1.54) is 4.90 Å². The first-order valence-corrected chi connectivity index (χ1v) is 13.5. The molecule has 2 rings (SSSR count). The fourth-order valence-electron chi connectivity index (χ4n) is 3.58. The Balaban J connectivity index is 2.42. The molecule has 2 aromatic carbocycles. The van der Waals surface area contributed by atoms with E-state index in [4.69, 9.17) is 4.74 Å². The van der Waals surface area contributed by atoms with Gasteiger partial charge in [-0.05, 0) is 69.0 Å². The highest BCUT2D eigenvalue weighted by Gasteiger charge is 2.31. The van der Waals surface area contributed by atoms with Crippen molar-refractivity contribution in [2.45, 2.75) is 59.7 Å². The lowest BCUT2D eigenvalue weighted by Gasteiger charge is -2.32. The summed E-state index contributed by atoms with van der Waals surface area (Å²) < 4.78 is 31.8. The molecule has 2 atom stereocenters. The molecule has 2 amide bonds. The van der Waals surface area contributed by atoms with Crippen LogP contribution in [0.25, 0.3) is 0 Å². The first-order valence-electron chi connectivity index (χ1n) is 11.7. The van der Waals surface area contributed by atoms with Crippen molar-refractivity contribution in [3.05, 3.63) is 59.2 Å². The quantitative estimate of drug-likeness (QED) is 0.507. The van der Waals surface area contributed by atoms with Crippen LogP contribution in [0.1, 0.15) is 43.9 Å². The Labute approximate surface area is 209 Å². The standard InChI is InChI=1S/C26H37N3O5S/c1-8-19(3)27-26(31)21(5)28(16-22-12-14-23(34-6)15-13-22)25(30)17-29(35(7,32)33)24-11-9-10-18(2)20(24)4/h9-15,19,21H,8,16-17H2,1-7H3,(H,27,31)/t19-,21+/m0/s1. The Bertz CT molecular complexity index is 1130. The van der Waals surface area contributed by atoms with Gasteiger partial charge in [0.25, 0.3) is 0 Å². The second-order valence-electron chi connectivity index (χ2n) is 8.85. The number of nitrogens with one attached hydrogen (secondary N) is 1. The lowest BCUT2D eigenvalue weighted by molar-refractivity contribution is -0.139. The molecule has 0 aliphatic rings. The second-order valence-corrected chi connectivity index (χ2v) is 10.8. The maximum absolute atomic E-state index is 13.6. The van der Waals surface area contributed by atoms with Crippen molar-refractivity contribution in [2.24, 2.45) is 0 Å². The number of benzene rings is 2. The Morgan fingerprint density at radius 3 is 2.23 bits per heavy atom. The molecule has 0 saturated heterocycles. The summed E-state index contributed by atoms with van der Waals surface area (Å²) in [5, 5.41) is 2.92. The number of methoxy groups -OCH3 is 1. The zero-order chi connectivity index (χ0) is 26.3. The fraction of sp³-hybridized carbons (Fsp3) is 0.462. The molecule has 0 saturated carbocycles. The van der Waals surface area contributed by atoms with E-state index < -0.39 is 28.5 Å². The van der Waals surface area contributed by atoms with Gasteiger partial charge in [0, 0.05) is 12.6 Å². The number of sulfonamides is 1. The van der Waals surface area contributed by atoms with Crippen molar-refractivity contribution in [3.8, 4) is 5.75 Å². The topological polar surface area (TPSA) is 96.0 Å². The lowest BCUT2D eigenvalue weighted by atomic mass is 10.1. The Hall–Kier alpha value is -3.07. The van der Waals surface area contributed by atoms with E-state index in [0.29, 0.717) is 11.4 Å². The van der Waals surface area contributed by atoms with E-state index in [9.17, 15) is 18.0 Å². The molecule has 192 valence electrons. The molecule has 8 nitrogen and oxygen atoms in total. The van der Waals surface area contributed by atoms with Crippen LogP contribution in [-0.4, -0.2) is 57.1 Å². The molecule has 9 heteroatoms. The van der Waals surface area contributed by atoms with Gasteiger partial charge in [-0.2, -0.15) is 0 Å². The van der Waals surface area contributed by atoms with Crippen LogP contribution in [0, 0.1) is 13.8 Å². The normalized spacial score (nSPS) is 13.0. The molecule has 0 spiro atoms. The number of nitrogens with zero attached hydrogens (tertiary/aromatic N) is 2. The first kappa shape index (κ1) is 28.2. The van der Waals surface area contributed by atoms with Gasteiger partial charge in [-0.3, -0.25) is 13.9 Å². The Kier molecular flexibility index (Phi) is 9.71. The van der Waals surface area contributed by atoms with Crippen LogP contribution in [0.15, 0.2) is 42.5 Å². The SMILES string of the molecule is CC[C@H](C)NC(=O)[C@@H](C)N(Cc1ccc(OC)cc1)C(=O)CN(c1cccc(C)c1C)S(C)(=O)=O. The number of ether oxygens (including phenoxy) is 1. The van der Waals surface area contributed by atoms with Crippen molar-refractivity contribution in [2.75, 3.05) is 24.2 Å². The van der Waals surface area contributed by atoms with Gasteiger partial charge in [0.2, 0.25) is 21.8 Å². The van der Waals surface area contributed by atoms with Gasteiger partial charge in [0.05, 0.1) is 19.1 Å². The number of carbonyl (C=O) groups excluding carboxylic acids is 2. The molecule has 0 bridgehead atoms. The summed E-state index contributed by atoms with van der Waals surface area (Å²) >= 11 is 0. The number of amides is 2. The maximum Gasteiger partial charge on any atom is 0.244 e. The van der Waals surface area contributed by atoms with Gasteiger partial charge < -0.3 is 15.0 Å². The summed E-state index contributed by atoms with van der Waals surface area (Å²) in [6, 6.07) is 11.7. The van der Waals surface area contributed by atoms with Gasteiger partial charge in [-0.1, -0.05) is 31.2 Å². The van der Waals surface area contributed by atoms with E-state index in [-0.39, 0.29) is 18.5 Å². The number of hydrogen-bond acceptors (Lipinski definition) is 5. The van der Waals surface area contributed by atoms with E-state index in [1.807, 2.05) is 45.9 Å². The number of carbonyl (C=O) groups is 2. The van der Waals surface area contributed by atoms with Gasteiger partial charge >= 0.3 is 0 Å². The third-order valence-electron chi connectivity index (χ3n) is 6.20. The van der Waals surface area contributed by atoms with Gasteiger partial charge in [0.1, 0.15) is 18.3 Å². The summed E-state index contributed by atoms with van der Waals surface area (Å²) in [7, 11) is -2.20. The average molecular weight is 504 g/mol. The van der Waals surface area contributed by atoms with Crippen molar-refractivity contribution >= 4 is 27.5 Å². The summed E-state index contributed by atoms with van der Waals surface area (Å²) in [6.07, 6.45) is 1.83. The molecular weight excluding hydrogens is 466 g/mol. The molecule has 35 heavy (non-hydrogen) atoms. The van der Waals surface area contributed by atoms with Crippen molar-refractivity contribution in [1.29, 1.82) is 0 Å². The highest BCUT2D eigenvalue weighted by Crippen LogP contribution is 2.25. The molecule has 2 aromatic rings. The highest BCUT2D eigenvalue weighted by molar-refractivity contribution is 7.92. The number of aryl methyl sites for hydroxylation is 1. The first-order chi connectivity index (χ1) is 16.4. The Morgan fingerprint density at radius 2 is 1.69 bits per heavy atom. The summed E-state index contributed by atoms with van der Waals surface area (Å²) in [4.78, 5) is 28.0. The van der Waals surface area contributed by atoms with Crippen LogP contribution in [0.3, 0.4) is 0 Å². The second kappa shape index (κ2) is 12.1. The predicted molar refractivity (Wildman–Crippen MR) is 139 cm³/mol. The van der Waals surface area contributed by atoms with Crippen LogP contribution in [0.5, 0.6) is 5.75 Å². The molecular formula is C26H37N3O5S. The fourth-order valence-corrected chi connectivity index (χ4v) is 4.48. The molecule has 0 aliphatic carbocycles. The Morgan fingerprint density at radius 1 is 1.06 bits per heavy atom. The van der Waals surface area contributed by atoms with Crippen LogP contribution in [0.2, 0.25) is 0 Å². The number of rotatable bonds is 11. The third-order valence-corrected chi connectivity index (χ3v) is 7.33. The van der Waals surface area contributed by atoms with Crippen molar-refractivity contribution < 1.29 is 22.7 Å². The van der Waals surface area contributed by atoms with Crippen LogP contribution >= 0.6 is 0 Å². The largest absolute Gasteiger partial charge is 0.497 e. The minimum Gasteiger partial charge on any atom is -0.497 e. The van der Waals surface area contributed by atoms with E-state index in [0.717, 1.165) is 33.7 Å². The number of anilines is 1. The molecule has 0 unspecified atom stereocenters. The van der Waals surface area contributed by atoms with Gasteiger partial charge in [-0.25, -0.2) is 8.42 Å². The maximum atomic E-state index is 13.6. The molecule has 0 aromatic heterocycles. The zero-order valence-electron chi connectivity index (χ0n) is 21.7. The van der Waals surface area contributed by atoms with Crippen molar-refractivity contribution in [3.63, 3.8) is 0 Å². The number of hydrogen-bond donors (Lipinski definition) is 1. The molecule has 1 N–H and O–H groups in total. The molecule has 0 heterocycles. The molecule has 0 fully saturated rings. The zero-order valence-corrected chi connectivity index (χ0v) is 22.5. The molecule has 0 radical (unpaired) electrons. The van der Waals surface area contributed by atoms with Gasteiger partial charge in [0.15, 0.2) is 0 Å². The van der Waals surface area contributed by atoms with E-state index in [1.54, 1.807) is 38.3 Å². The van der Waals surface area contributed by atoms with Crippen LogP contribution in [0.4, 0.5) is 5.69 Å². The van der Waals surface area contributed by atoms with Crippen LogP contribution < -0.4 is 14.4 Å². The average Bonchev–Trinajstić information content (AvgIpc) is 2.81. The minimum atomic E-state index is -3.77. The highest BCUT2D eigenvalue weighted by atomic mass is 32.2.